The largest absolute Gasteiger partial charge is 0.493 e. The molecule has 214 valence electrons. The molecule has 1 saturated heterocycles. The van der Waals surface area contributed by atoms with Gasteiger partial charge in [-0.1, -0.05) is 29.8 Å². The van der Waals surface area contributed by atoms with Crippen LogP contribution in [0, 0.1) is 5.82 Å². The Morgan fingerprint density at radius 2 is 1.60 bits per heavy atom. The highest BCUT2D eigenvalue weighted by Crippen LogP contribution is 2.40. The second kappa shape index (κ2) is 11.9. The van der Waals surface area contributed by atoms with Crippen molar-refractivity contribution in [3.8, 4) is 17.2 Å². The summed E-state index contributed by atoms with van der Waals surface area (Å²) in [4.78, 5) is 17.3. The number of carbonyl (C=O) groups is 1. The lowest BCUT2D eigenvalue weighted by Gasteiger charge is -2.29. The quantitative estimate of drug-likeness (QED) is 0.294. The lowest BCUT2D eigenvalue weighted by atomic mass is 9.93. The fraction of sp³-hybridized carbons (Fsp3) is 0.345. The molecule has 40 heavy (non-hydrogen) atoms. The van der Waals surface area contributed by atoms with Crippen LogP contribution in [0.5, 0.6) is 17.2 Å². The summed E-state index contributed by atoms with van der Waals surface area (Å²) < 4.78 is 69.5. The van der Waals surface area contributed by atoms with Gasteiger partial charge in [0.25, 0.3) is 5.91 Å². The highest BCUT2D eigenvalue weighted by Gasteiger charge is 2.39. The molecule has 0 bridgehead atoms. The fourth-order valence-electron chi connectivity index (χ4n) is 5.12. The van der Waals surface area contributed by atoms with E-state index in [1.807, 2.05) is 17.0 Å². The predicted molar refractivity (Wildman–Crippen MR) is 143 cm³/mol. The minimum absolute atomic E-state index is 0.146. The zero-order chi connectivity index (χ0) is 29.2. The van der Waals surface area contributed by atoms with Crippen molar-refractivity contribution in [1.29, 1.82) is 0 Å². The Labute approximate surface area is 235 Å². The van der Waals surface area contributed by atoms with Gasteiger partial charge in [0, 0.05) is 42.2 Å². The molecule has 0 N–H and O–H groups in total. The molecule has 2 atom stereocenters. The molecule has 1 amide bonds. The average molecular weight is 581 g/mol. The van der Waals surface area contributed by atoms with Gasteiger partial charge in [0.2, 0.25) is 5.75 Å². The summed E-state index contributed by atoms with van der Waals surface area (Å²) in [6.07, 6.45) is -4.77. The van der Waals surface area contributed by atoms with E-state index in [1.54, 1.807) is 36.2 Å². The van der Waals surface area contributed by atoms with Gasteiger partial charge in [-0.2, -0.15) is 13.2 Å². The fourth-order valence-corrected chi connectivity index (χ4v) is 5.24. The Bertz CT molecular complexity index is 1340. The van der Waals surface area contributed by atoms with E-state index in [9.17, 15) is 22.4 Å². The summed E-state index contributed by atoms with van der Waals surface area (Å²) in [5, 5.41) is 0.567. The summed E-state index contributed by atoms with van der Waals surface area (Å²) in [5.41, 5.74) is 0.371. The van der Waals surface area contributed by atoms with Crippen LogP contribution in [0.3, 0.4) is 0 Å². The van der Waals surface area contributed by atoms with Gasteiger partial charge in [0.15, 0.2) is 11.5 Å². The molecule has 0 spiro atoms. The van der Waals surface area contributed by atoms with Gasteiger partial charge in [0.05, 0.1) is 26.9 Å². The van der Waals surface area contributed by atoms with E-state index in [0.29, 0.717) is 46.5 Å². The number of hydrogen-bond donors (Lipinski definition) is 0. The molecule has 1 aliphatic heterocycles. The average Bonchev–Trinajstić information content (AvgIpc) is 3.37. The number of carbonyl (C=O) groups excluding carboxylic acids is 1. The first-order valence-corrected chi connectivity index (χ1v) is 12.7. The molecule has 3 aromatic rings. The van der Waals surface area contributed by atoms with E-state index in [-0.39, 0.29) is 24.4 Å². The number of benzene rings is 3. The van der Waals surface area contributed by atoms with Gasteiger partial charge in [-0.25, -0.2) is 4.39 Å². The number of hydrogen-bond acceptors (Lipinski definition) is 5. The number of nitrogens with zero attached hydrogens (tertiary/aromatic N) is 2. The van der Waals surface area contributed by atoms with Crippen LogP contribution in [0.1, 0.15) is 33.0 Å². The molecule has 0 aliphatic carbocycles. The Morgan fingerprint density at radius 3 is 2.12 bits per heavy atom. The van der Waals surface area contributed by atoms with Gasteiger partial charge < -0.3 is 19.1 Å². The monoisotopic (exact) mass is 580 g/mol. The second-order valence-electron chi connectivity index (χ2n) is 9.58. The van der Waals surface area contributed by atoms with Crippen molar-refractivity contribution in [2.45, 2.75) is 24.7 Å². The Hall–Kier alpha value is -3.50. The summed E-state index contributed by atoms with van der Waals surface area (Å²) in [7, 11) is 6.21. The highest BCUT2D eigenvalue weighted by molar-refractivity contribution is 6.30. The topological polar surface area (TPSA) is 51.2 Å². The Morgan fingerprint density at radius 1 is 0.975 bits per heavy atom. The summed E-state index contributed by atoms with van der Waals surface area (Å²) in [5.74, 6) is -0.669. The van der Waals surface area contributed by atoms with Crippen molar-refractivity contribution in [2.24, 2.45) is 0 Å². The van der Waals surface area contributed by atoms with E-state index < -0.39 is 17.6 Å². The third-order valence-corrected chi connectivity index (χ3v) is 7.38. The number of alkyl halides is 3. The van der Waals surface area contributed by atoms with Gasteiger partial charge in [-0.15, -0.1) is 0 Å². The number of likely N-dealkylation sites (tertiary alicyclic amines) is 1. The van der Waals surface area contributed by atoms with Crippen molar-refractivity contribution < 1.29 is 36.6 Å². The molecule has 0 unspecified atom stereocenters. The smallest absolute Gasteiger partial charge is 0.419 e. The molecule has 0 aromatic heterocycles. The lowest BCUT2D eigenvalue weighted by Crippen LogP contribution is -2.38. The molecule has 6 nitrogen and oxygen atoms in total. The van der Waals surface area contributed by atoms with Crippen LogP contribution in [-0.2, 0) is 12.7 Å². The number of halogens is 5. The number of ether oxygens (including phenoxy) is 3. The lowest BCUT2D eigenvalue weighted by molar-refractivity contribution is -0.140. The van der Waals surface area contributed by atoms with Crippen LogP contribution in [0.25, 0.3) is 0 Å². The van der Waals surface area contributed by atoms with Gasteiger partial charge in [-0.3, -0.25) is 9.69 Å². The number of amides is 1. The first-order chi connectivity index (χ1) is 19.0. The minimum Gasteiger partial charge on any atom is -0.493 e. The van der Waals surface area contributed by atoms with Crippen LogP contribution >= 0.6 is 11.6 Å². The second-order valence-corrected chi connectivity index (χ2v) is 10.0. The van der Waals surface area contributed by atoms with Crippen molar-refractivity contribution in [3.63, 3.8) is 0 Å². The van der Waals surface area contributed by atoms with Crippen LogP contribution < -0.4 is 14.2 Å². The van der Waals surface area contributed by atoms with Crippen LogP contribution in [0.15, 0.2) is 54.6 Å². The standard InChI is InChI=1S/C29H29ClF4N2O4/c1-35(14-17-5-10-22(23(31)11-17)29(32,33)34)24-16-36(15-21(24)18-6-8-20(30)9-7-18)28(37)19-12-25(38-2)27(40-4)26(13-19)39-3/h5-13,21,24H,14-16H2,1-4H3/t21-,24+/m1/s1. The van der Waals surface area contributed by atoms with Crippen LogP contribution in [0.4, 0.5) is 17.6 Å². The predicted octanol–water partition coefficient (Wildman–Crippen LogP) is 6.26. The molecule has 0 radical (unpaired) electrons. The first-order valence-electron chi connectivity index (χ1n) is 12.4. The maximum atomic E-state index is 14.3. The molecule has 0 saturated carbocycles. The highest BCUT2D eigenvalue weighted by atomic mass is 35.5. The molecule has 11 heteroatoms. The van der Waals surface area contributed by atoms with Crippen molar-refractivity contribution in [3.05, 3.63) is 87.7 Å². The van der Waals surface area contributed by atoms with Crippen molar-refractivity contribution in [2.75, 3.05) is 41.5 Å². The molecule has 3 aromatic carbocycles. The minimum atomic E-state index is -4.77. The molecule has 1 heterocycles. The normalized spacial score (nSPS) is 17.3. The van der Waals surface area contributed by atoms with Crippen molar-refractivity contribution in [1.82, 2.24) is 9.80 Å². The molecular formula is C29H29ClF4N2O4. The molecule has 1 fully saturated rings. The van der Waals surface area contributed by atoms with Crippen LogP contribution in [0.2, 0.25) is 5.02 Å². The Kier molecular flexibility index (Phi) is 8.80. The van der Waals surface area contributed by atoms with Gasteiger partial charge in [0.1, 0.15) is 5.82 Å². The van der Waals surface area contributed by atoms with E-state index in [2.05, 4.69) is 0 Å². The zero-order valence-corrected chi connectivity index (χ0v) is 23.1. The third kappa shape index (κ3) is 6.13. The molecule has 4 rings (SSSR count). The van der Waals surface area contributed by atoms with Crippen molar-refractivity contribution >= 4 is 17.5 Å². The Balaban J connectivity index is 1.63. The maximum absolute atomic E-state index is 14.3. The zero-order valence-electron chi connectivity index (χ0n) is 22.4. The van der Waals surface area contributed by atoms with E-state index in [4.69, 9.17) is 25.8 Å². The number of likely N-dealkylation sites (N-methyl/N-ethyl adjacent to an activating group) is 1. The van der Waals surface area contributed by atoms with Gasteiger partial charge in [-0.05, 0) is 54.6 Å². The van der Waals surface area contributed by atoms with E-state index in [1.165, 1.54) is 27.4 Å². The summed E-state index contributed by atoms with van der Waals surface area (Å²) in [6.45, 7) is 0.867. The van der Waals surface area contributed by atoms with Gasteiger partial charge >= 0.3 is 6.18 Å². The van der Waals surface area contributed by atoms with E-state index in [0.717, 1.165) is 17.7 Å². The summed E-state index contributed by atoms with van der Waals surface area (Å²) in [6, 6.07) is 13.2. The molecular weight excluding hydrogens is 552 g/mol. The summed E-state index contributed by atoms with van der Waals surface area (Å²) >= 11 is 6.10. The number of rotatable bonds is 8. The first kappa shape index (κ1) is 29.5. The third-order valence-electron chi connectivity index (χ3n) is 7.12. The number of methoxy groups -OCH3 is 3. The SMILES string of the molecule is COc1cc(C(=O)N2C[C@H](c3ccc(Cl)cc3)[C@@H](N(C)Cc3ccc(C(F)(F)F)c(F)c3)C2)cc(OC)c1OC. The van der Waals surface area contributed by atoms with Crippen LogP contribution in [-0.4, -0.2) is 63.2 Å². The molecule has 1 aliphatic rings. The van der Waals surface area contributed by atoms with E-state index >= 15 is 0 Å². The maximum Gasteiger partial charge on any atom is 0.419 e.